The Hall–Kier alpha value is -3.99. The number of anilines is 1. The van der Waals surface area contributed by atoms with E-state index in [-0.39, 0.29) is 5.91 Å². The van der Waals surface area contributed by atoms with Crippen LogP contribution in [0.5, 0.6) is 0 Å². The first-order valence-corrected chi connectivity index (χ1v) is 13.1. The molecule has 5 heteroatoms. The number of rotatable bonds is 7. The SMILES string of the molecule is Cc1cccc(Cc2c(C)nc(-c3ccccc3)nc2N2CCN(C(=O)CCc3ccccc3)CC2)c1. The fourth-order valence-electron chi connectivity index (χ4n) is 5.01. The molecule has 1 amide bonds. The highest BCUT2D eigenvalue weighted by Gasteiger charge is 2.25. The maximum Gasteiger partial charge on any atom is 0.223 e. The number of hydrogen-bond acceptors (Lipinski definition) is 4. The van der Waals surface area contributed by atoms with Crippen LogP contribution in [0, 0.1) is 13.8 Å². The van der Waals surface area contributed by atoms with Crippen molar-refractivity contribution >= 4 is 11.7 Å². The molecule has 37 heavy (non-hydrogen) atoms. The topological polar surface area (TPSA) is 49.3 Å². The van der Waals surface area contributed by atoms with Crippen molar-refractivity contribution in [2.75, 3.05) is 31.1 Å². The summed E-state index contributed by atoms with van der Waals surface area (Å²) in [6.07, 6.45) is 2.12. The summed E-state index contributed by atoms with van der Waals surface area (Å²) in [4.78, 5) is 27.3. The van der Waals surface area contributed by atoms with E-state index in [1.165, 1.54) is 16.7 Å². The minimum Gasteiger partial charge on any atom is -0.353 e. The quantitative estimate of drug-likeness (QED) is 0.337. The maximum atomic E-state index is 12.9. The Balaban J connectivity index is 1.36. The second-order valence-corrected chi connectivity index (χ2v) is 9.82. The summed E-state index contributed by atoms with van der Waals surface area (Å²) in [5.74, 6) is 1.97. The van der Waals surface area contributed by atoms with E-state index in [0.29, 0.717) is 19.5 Å². The molecule has 0 atom stereocenters. The summed E-state index contributed by atoms with van der Waals surface area (Å²) in [7, 11) is 0. The van der Waals surface area contributed by atoms with E-state index in [9.17, 15) is 4.79 Å². The van der Waals surface area contributed by atoms with Gasteiger partial charge in [-0.15, -0.1) is 0 Å². The van der Waals surface area contributed by atoms with Gasteiger partial charge < -0.3 is 9.80 Å². The van der Waals surface area contributed by atoms with Gasteiger partial charge in [0.1, 0.15) is 5.82 Å². The van der Waals surface area contributed by atoms with E-state index >= 15 is 0 Å². The van der Waals surface area contributed by atoms with Gasteiger partial charge in [-0.3, -0.25) is 4.79 Å². The first kappa shape index (κ1) is 24.7. The zero-order chi connectivity index (χ0) is 25.6. The van der Waals surface area contributed by atoms with Crippen LogP contribution < -0.4 is 4.90 Å². The smallest absolute Gasteiger partial charge is 0.223 e. The lowest BCUT2D eigenvalue weighted by Crippen LogP contribution is -2.49. The van der Waals surface area contributed by atoms with Crippen LogP contribution in [0.2, 0.25) is 0 Å². The van der Waals surface area contributed by atoms with E-state index in [0.717, 1.165) is 54.4 Å². The van der Waals surface area contributed by atoms with Crippen LogP contribution in [0.3, 0.4) is 0 Å². The van der Waals surface area contributed by atoms with E-state index in [4.69, 9.17) is 9.97 Å². The molecule has 0 bridgehead atoms. The Morgan fingerprint density at radius 1 is 0.784 bits per heavy atom. The summed E-state index contributed by atoms with van der Waals surface area (Å²) in [5, 5.41) is 0. The molecule has 0 spiro atoms. The monoisotopic (exact) mass is 490 g/mol. The van der Waals surface area contributed by atoms with Crippen LogP contribution in [0.4, 0.5) is 5.82 Å². The molecule has 1 aliphatic rings. The fraction of sp³-hybridized carbons (Fsp3) is 0.281. The number of amides is 1. The van der Waals surface area contributed by atoms with E-state index in [1.54, 1.807) is 0 Å². The zero-order valence-corrected chi connectivity index (χ0v) is 21.7. The molecule has 2 heterocycles. The van der Waals surface area contributed by atoms with Crippen molar-refractivity contribution in [3.63, 3.8) is 0 Å². The molecular weight excluding hydrogens is 456 g/mol. The van der Waals surface area contributed by atoms with Crippen molar-refractivity contribution in [1.82, 2.24) is 14.9 Å². The first-order chi connectivity index (χ1) is 18.1. The van der Waals surface area contributed by atoms with Gasteiger partial charge in [-0.1, -0.05) is 90.5 Å². The van der Waals surface area contributed by atoms with Gasteiger partial charge in [0.05, 0.1) is 0 Å². The summed E-state index contributed by atoms with van der Waals surface area (Å²) in [5.41, 5.74) is 6.90. The summed E-state index contributed by atoms with van der Waals surface area (Å²) in [6, 6.07) is 29.0. The molecule has 0 aliphatic carbocycles. The predicted octanol–water partition coefficient (Wildman–Crippen LogP) is 5.63. The molecular formula is C32H34N4O. The number of benzene rings is 3. The largest absolute Gasteiger partial charge is 0.353 e. The third-order valence-electron chi connectivity index (χ3n) is 7.09. The number of aromatic nitrogens is 2. The molecule has 1 fully saturated rings. The van der Waals surface area contributed by atoms with Crippen LogP contribution in [0.1, 0.15) is 34.4 Å². The molecule has 0 radical (unpaired) electrons. The third kappa shape index (κ3) is 6.05. The number of nitrogens with zero attached hydrogens (tertiary/aromatic N) is 4. The van der Waals surface area contributed by atoms with Gasteiger partial charge in [-0.05, 0) is 31.4 Å². The normalized spacial score (nSPS) is 13.6. The molecule has 0 saturated carbocycles. The van der Waals surface area contributed by atoms with Gasteiger partial charge in [0.25, 0.3) is 0 Å². The lowest BCUT2D eigenvalue weighted by molar-refractivity contribution is -0.131. The second kappa shape index (κ2) is 11.4. The number of carbonyl (C=O) groups is 1. The van der Waals surface area contributed by atoms with Gasteiger partial charge in [0, 0.05) is 55.8 Å². The Labute approximate surface area is 219 Å². The Morgan fingerprint density at radius 2 is 1.46 bits per heavy atom. The van der Waals surface area contributed by atoms with Crippen molar-refractivity contribution in [2.24, 2.45) is 0 Å². The number of hydrogen-bond donors (Lipinski definition) is 0. The van der Waals surface area contributed by atoms with Crippen molar-refractivity contribution in [2.45, 2.75) is 33.1 Å². The fourth-order valence-corrected chi connectivity index (χ4v) is 5.01. The van der Waals surface area contributed by atoms with E-state index in [1.807, 2.05) is 41.3 Å². The van der Waals surface area contributed by atoms with Gasteiger partial charge in [-0.2, -0.15) is 0 Å². The van der Waals surface area contributed by atoms with Gasteiger partial charge in [-0.25, -0.2) is 9.97 Å². The number of piperazine rings is 1. The maximum absolute atomic E-state index is 12.9. The van der Waals surface area contributed by atoms with Crippen LogP contribution in [0.25, 0.3) is 11.4 Å². The Morgan fingerprint density at radius 3 is 2.16 bits per heavy atom. The third-order valence-corrected chi connectivity index (χ3v) is 7.09. The van der Waals surface area contributed by atoms with Crippen LogP contribution in [-0.2, 0) is 17.6 Å². The second-order valence-electron chi connectivity index (χ2n) is 9.82. The van der Waals surface area contributed by atoms with Crippen LogP contribution >= 0.6 is 0 Å². The molecule has 5 nitrogen and oxygen atoms in total. The Bertz CT molecular complexity index is 1350. The molecule has 5 rings (SSSR count). The molecule has 0 unspecified atom stereocenters. The highest BCUT2D eigenvalue weighted by Crippen LogP contribution is 2.28. The highest BCUT2D eigenvalue weighted by atomic mass is 16.2. The summed E-state index contributed by atoms with van der Waals surface area (Å²) in [6.45, 7) is 7.17. The molecule has 1 aliphatic heterocycles. The Kier molecular flexibility index (Phi) is 7.59. The minimum atomic E-state index is 0.229. The first-order valence-electron chi connectivity index (χ1n) is 13.1. The van der Waals surface area contributed by atoms with Crippen molar-refractivity contribution < 1.29 is 4.79 Å². The molecule has 1 saturated heterocycles. The number of aryl methyl sites for hydroxylation is 3. The van der Waals surface area contributed by atoms with Crippen molar-refractivity contribution in [1.29, 1.82) is 0 Å². The molecule has 0 N–H and O–H groups in total. The van der Waals surface area contributed by atoms with Gasteiger partial charge in [0.15, 0.2) is 5.82 Å². The van der Waals surface area contributed by atoms with Crippen molar-refractivity contribution in [3.8, 4) is 11.4 Å². The van der Waals surface area contributed by atoms with Gasteiger partial charge >= 0.3 is 0 Å². The minimum absolute atomic E-state index is 0.229. The summed E-state index contributed by atoms with van der Waals surface area (Å²) < 4.78 is 0. The molecule has 4 aromatic rings. The van der Waals surface area contributed by atoms with Crippen LogP contribution in [0.15, 0.2) is 84.9 Å². The molecule has 1 aromatic heterocycles. The molecule has 3 aromatic carbocycles. The van der Waals surface area contributed by atoms with Crippen molar-refractivity contribution in [3.05, 3.63) is 113 Å². The predicted molar refractivity (Wildman–Crippen MR) is 150 cm³/mol. The summed E-state index contributed by atoms with van der Waals surface area (Å²) >= 11 is 0. The average Bonchev–Trinajstić information content (AvgIpc) is 2.94. The highest BCUT2D eigenvalue weighted by molar-refractivity contribution is 5.77. The van der Waals surface area contributed by atoms with E-state index < -0.39 is 0 Å². The lowest BCUT2D eigenvalue weighted by Gasteiger charge is -2.36. The van der Waals surface area contributed by atoms with Crippen LogP contribution in [-0.4, -0.2) is 47.0 Å². The average molecular weight is 491 g/mol. The standard InChI is InChI=1S/C32H34N4O/c1-24-10-9-13-27(22-24)23-29-25(2)33-31(28-14-7-4-8-15-28)34-32(29)36-20-18-35(19-21-36)30(37)17-16-26-11-5-3-6-12-26/h3-15,22H,16-21,23H2,1-2H3. The zero-order valence-electron chi connectivity index (χ0n) is 21.7. The number of carbonyl (C=O) groups excluding carboxylic acids is 1. The van der Waals surface area contributed by atoms with E-state index in [2.05, 4.69) is 67.3 Å². The lowest BCUT2D eigenvalue weighted by atomic mass is 10.0. The van der Waals surface area contributed by atoms with Gasteiger partial charge in [0.2, 0.25) is 5.91 Å². The molecule has 188 valence electrons.